The molecular weight excluding hydrogens is 430 g/mol. The zero-order chi connectivity index (χ0) is 22.4. The Kier molecular flexibility index (Phi) is 4.98. The molecule has 1 aliphatic rings. The van der Waals surface area contributed by atoms with Crippen LogP contribution in [-0.2, 0) is 17.4 Å². The number of carbonyl (C=O) groups excluding carboxylic acids is 1. The largest absolute Gasteiger partial charge is 0.416 e. The van der Waals surface area contributed by atoms with Gasteiger partial charge in [-0.1, -0.05) is 6.07 Å². The Hall–Kier alpha value is -3.38. The molecule has 2 aromatic heterocycles. The van der Waals surface area contributed by atoms with E-state index in [0.717, 1.165) is 6.07 Å². The second kappa shape index (κ2) is 7.39. The smallest absolute Gasteiger partial charge is 0.354 e. The number of alkyl halides is 6. The van der Waals surface area contributed by atoms with Gasteiger partial charge in [0.05, 0.1) is 23.7 Å². The fraction of sp³-hybridized carbons (Fsp3) is 0.333. The summed E-state index contributed by atoms with van der Waals surface area (Å²) in [5.41, 5.74) is -1.77. The van der Waals surface area contributed by atoms with E-state index in [1.165, 1.54) is 16.9 Å². The summed E-state index contributed by atoms with van der Waals surface area (Å²) in [6, 6.07) is 1.53. The summed E-state index contributed by atoms with van der Waals surface area (Å²) < 4.78 is 79.7. The van der Waals surface area contributed by atoms with Gasteiger partial charge >= 0.3 is 12.4 Å². The zero-order valence-electron chi connectivity index (χ0n) is 15.6. The minimum Gasteiger partial charge on any atom is -0.354 e. The average Bonchev–Trinajstić information content (AvgIpc) is 3.30. The van der Waals surface area contributed by atoms with Gasteiger partial charge in [0, 0.05) is 12.1 Å². The quantitative estimate of drug-likeness (QED) is 0.604. The SMILES string of the molecule is O=C1NCCC1Nc1nnc(-c2ccc(C(F)(F)F)cc2CC(F)(F)F)c2cncn12. The number of anilines is 1. The first-order chi connectivity index (χ1) is 14.5. The van der Waals surface area contributed by atoms with E-state index in [-0.39, 0.29) is 28.6 Å². The normalized spacial score (nSPS) is 17.2. The first-order valence-electron chi connectivity index (χ1n) is 9.03. The molecule has 13 heteroatoms. The van der Waals surface area contributed by atoms with Gasteiger partial charge in [0.25, 0.3) is 0 Å². The van der Waals surface area contributed by atoms with Crippen LogP contribution < -0.4 is 10.6 Å². The summed E-state index contributed by atoms with van der Waals surface area (Å²) in [6.07, 6.45) is -7.99. The highest BCUT2D eigenvalue weighted by Gasteiger charge is 2.35. The number of hydrogen-bond donors (Lipinski definition) is 2. The molecule has 1 aliphatic heterocycles. The van der Waals surface area contributed by atoms with Crippen LogP contribution in [0.2, 0.25) is 0 Å². The summed E-state index contributed by atoms with van der Waals surface area (Å²) in [7, 11) is 0. The van der Waals surface area contributed by atoms with E-state index in [0.29, 0.717) is 25.1 Å². The second-order valence-electron chi connectivity index (χ2n) is 6.96. The third-order valence-electron chi connectivity index (χ3n) is 4.78. The third-order valence-corrected chi connectivity index (χ3v) is 4.78. The molecule has 31 heavy (non-hydrogen) atoms. The highest BCUT2D eigenvalue weighted by Crippen LogP contribution is 2.36. The maximum Gasteiger partial charge on any atom is 0.416 e. The molecule has 1 fully saturated rings. The molecule has 0 radical (unpaired) electrons. The zero-order valence-corrected chi connectivity index (χ0v) is 15.6. The molecule has 3 aromatic rings. The predicted octanol–water partition coefficient (Wildman–Crippen LogP) is 3.22. The fourth-order valence-electron chi connectivity index (χ4n) is 3.38. The number of aromatic nitrogens is 4. The van der Waals surface area contributed by atoms with E-state index < -0.39 is 35.9 Å². The fourth-order valence-corrected chi connectivity index (χ4v) is 3.38. The van der Waals surface area contributed by atoms with Crippen molar-refractivity contribution in [3.05, 3.63) is 41.9 Å². The van der Waals surface area contributed by atoms with E-state index in [9.17, 15) is 31.1 Å². The van der Waals surface area contributed by atoms with Crippen LogP contribution in [0, 0.1) is 0 Å². The van der Waals surface area contributed by atoms with Crippen LogP contribution in [0.25, 0.3) is 16.8 Å². The average molecular weight is 444 g/mol. The minimum atomic E-state index is -4.80. The lowest BCUT2D eigenvalue weighted by atomic mass is 9.98. The van der Waals surface area contributed by atoms with Gasteiger partial charge in [-0.25, -0.2) is 4.98 Å². The summed E-state index contributed by atoms with van der Waals surface area (Å²) >= 11 is 0. The van der Waals surface area contributed by atoms with Crippen molar-refractivity contribution in [2.75, 3.05) is 11.9 Å². The van der Waals surface area contributed by atoms with Gasteiger partial charge in [-0.05, 0) is 24.1 Å². The second-order valence-corrected chi connectivity index (χ2v) is 6.96. The number of halogens is 6. The number of amides is 1. The maximum atomic E-state index is 13.1. The van der Waals surface area contributed by atoms with Crippen LogP contribution in [0.4, 0.5) is 32.3 Å². The number of nitrogens with one attached hydrogen (secondary N) is 2. The minimum absolute atomic E-state index is 0.0631. The molecule has 2 N–H and O–H groups in total. The molecule has 0 aliphatic carbocycles. The van der Waals surface area contributed by atoms with Crippen molar-refractivity contribution < 1.29 is 31.1 Å². The van der Waals surface area contributed by atoms with Gasteiger partial charge in [0.1, 0.15) is 18.1 Å². The van der Waals surface area contributed by atoms with Crippen molar-refractivity contribution in [3.8, 4) is 11.3 Å². The van der Waals surface area contributed by atoms with Crippen LogP contribution >= 0.6 is 0 Å². The highest BCUT2D eigenvalue weighted by molar-refractivity contribution is 5.86. The third kappa shape index (κ3) is 4.25. The molecule has 164 valence electrons. The molecule has 1 atom stereocenters. The number of nitrogens with zero attached hydrogens (tertiary/aromatic N) is 4. The number of rotatable bonds is 4. The van der Waals surface area contributed by atoms with Crippen LogP contribution in [-0.4, -0.2) is 44.3 Å². The van der Waals surface area contributed by atoms with Gasteiger partial charge in [0.2, 0.25) is 11.9 Å². The molecule has 0 saturated carbocycles. The lowest BCUT2D eigenvalue weighted by Crippen LogP contribution is -2.30. The van der Waals surface area contributed by atoms with Crippen LogP contribution in [0.5, 0.6) is 0 Å². The van der Waals surface area contributed by atoms with E-state index >= 15 is 0 Å². The van der Waals surface area contributed by atoms with E-state index in [4.69, 9.17) is 0 Å². The van der Waals surface area contributed by atoms with Crippen molar-refractivity contribution in [1.29, 1.82) is 0 Å². The molecule has 1 aromatic carbocycles. The molecule has 1 amide bonds. The summed E-state index contributed by atoms with van der Waals surface area (Å²) in [4.78, 5) is 15.7. The Balaban J connectivity index is 1.80. The van der Waals surface area contributed by atoms with Gasteiger partial charge in [-0.3, -0.25) is 9.20 Å². The van der Waals surface area contributed by atoms with Crippen molar-refractivity contribution in [3.63, 3.8) is 0 Å². The van der Waals surface area contributed by atoms with Crippen LogP contribution in [0.3, 0.4) is 0 Å². The van der Waals surface area contributed by atoms with Gasteiger partial charge in [-0.15, -0.1) is 10.2 Å². The number of imidazole rings is 1. The van der Waals surface area contributed by atoms with Crippen molar-refractivity contribution >= 4 is 17.4 Å². The Morgan fingerprint density at radius 1 is 1.16 bits per heavy atom. The van der Waals surface area contributed by atoms with Crippen LogP contribution in [0.1, 0.15) is 17.5 Å². The van der Waals surface area contributed by atoms with Crippen molar-refractivity contribution in [2.45, 2.75) is 31.2 Å². The van der Waals surface area contributed by atoms with Gasteiger partial charge < -0.3 is 10.6 Å². The summed E-state index contributed by atoms with van der Waals surface area (Å²) in [5, 5.41) is 13.4. The molecule has 0 bridgehead atoms. The van der Waals surface area contributed by atoms with Crippen molar-refractivity contribution in [2.24, 2.45) is 0 Å². The Labute approximate surface area is 170 Å². The summed E-state index contributed by atoms with van der Waals surface area (Å²) in [6.45, 7) is 0.474. The molecule has 3 heterocycles. The lowest BCUT2D eigenvalue weighted by Gasteiger charge is -2.16. The molecule has 7 nitrogen and oxygen atoms in total. The molecule has 1 saturated heterocycles. The predicted molar refractivity (Wildman–Crippen MR) is 96.0 cm³/mol. The Bertz CT molecular complexity index is 1140. The van der Waals surface area contributed by atoms with Gasteiger partial charge in [0.15, 0.2) is 0 Å². The Morgan fingerprint density at radius 3 is 2.58 bits per heavy atom. The van der Waals surface area contributed by atoms with Gasteiger partial charge in [-0.2, -0.15) is 26.3 Å². The first-order valence-corrected chi connectivity index (χ1v) is 9.03. The topological polar surface area (TPSA) is 84.2 Å². The first kappa shape index (κ1) is 20.9. The van der Waals surface area contributed by atoms with Crippen LogP contribution in [0.15, 0.2) is 30.7 Å². The van der Waals surface area contributed by atoms with Crippen molar-refractivity contribution in [1.82, 2.24) is 24.9 Å². The Morgan fingerprint density at radius 2 is 1.94 bits per heavy atom. The van der Waals surface area contributed by atoms with E-state index in [2.05, 4.69) is 25.8 Å². The highest BCUT2D eigenvalue weighted by atomic mass is 19.4. The van der Waals surface area contributed by atoms with E-state index in [1.54, 1.807) is 0 Å². The molecule has 0 spiro atoms. The maximum absolute atomic E-state index is 13.1. The molecular formula is C18H14F6N6O. The summed E-state index contributed by atoms with van der Waals surface area (Å²) in [5.74, 6) is -0.114. The number of fused-ring (bicyclic) bond motifs is 1. The molecule has 1 unspecified atom stereocenters. The van der Waals surface area contributed by atoms with E-state index in [1.807, 2.05) is 0 Å². The number of carbonyl (C=O) groups is 1. The number of benzene rings is 1. The number of hydrogen-bond acceptors (Lipinski definition) is 5. The standard InChI is InChI=1S/C18H14F6N6O/c19-17(20,21)6-9-5-10(18(22,23)24)1-2-11(9)14-13-7-25-8-30(13)16(29-28-14)27-12-3-4-26-15(12)31/h1-2,5,7-8,12H,3-4,6H2,(H,26,31)(H,27,29). The lowest BCUT2D eigenvalue weighted by molar-refractivity contribution is -0.138. The molecule has 4 rings (SSSR count). The monoisotopic (exact) mass is 444 g/mol.